The van der Waals surface area contributed by atoms with Crippen molar-refractivity contribution in [2.75, 3.05) is 0 Å². The maximum Gasteiger partial charge on any atom is 0.229 e. The summed E-state index contributed by atoms with van der Waals surface area (Å²) in [5.74, 6) is -0.575. The van der Waals surface area contributed by atoms with Crippen LogP contribution < -0.4 is 5.73 Å². The molecule has 0 saturated carbocycles. The highest BCUT2D eigenvalue weighted by molar-refractivity contribution is 8.08. The molecule has 0 atom stereocenters. The number of benzene rings is 1. The minimum atomic E-state index is -3.87. The van der Waals surface area contributed by atoms with Gasteiger partial charge in [-0.15, -0.1) is 10.2 Å². The molecule has 1 aliphatic rings. The molecule has 0 aromatic heterocycles. The fourth-order valence-electron chi connectivity index (χ4n) is 1.61. The van der Waals surface area contributed by atoms with Crippen LogP contribution in [0.15, 0.2) is 39.4 Å². The normalized spacial score (nSPS) is 20.7. The number of hydrogen-bond donors (Lipinski definition) is 1. The molecule has 88 valence electrons. The molecule has 1 aromatic carbocycles. The van der Waals surface area contributed by atoms with Crippen LogP contribution >= 0.6 is 0 Å². The van der Waals surface area contributed by atoms with Crippen LogP contribution in [0.1, 0.15) is 5.56 Å². The van der Waals surface area contributed by atoms with E-state index in [9.17, 15) is 13.2 Å². The summed E-state index contributed by atoms with van der Waals surface area (Å²) in [4.78, 5) is 11.8. The molecule has 1 aromatic rings. The number of fused-ring (bicyclic) bond motifs is 1. The van der Waals surface area contributed by atoms with E-state index < -0.39 is 20.7 Å². The minimum Gasteiger partial charge on any atom is -0.388 e. The number of hydrogen-bond acceptors (Lipinski definition) is 5. The van der Waals surface area contributed by atoms with Gasteiger partial charge in [-0.25, -0.2) is 8.42 Å². The van der Waals surface area contributed by atoms with Crippen molar-refractivity contribution < 1.29 is 13.2 Å². The predicted molar refractivity (Wildman–Crippen MR) is 62.5 cm³/mol. The second kappa shape index (κ2) is 4.10. The molecule has 1 heterocycles. The van der Waals surface area contributed by atoms with Crippen molar-refractivity contribution in [3.8, 4) is 0 Å². The molecule has 2 rings (SSSR count). The van der Waals surface area contributed by atoms with Crippen molar-refractivity contribution >= 4 is 27.0 Å². The average Bonchev–Trinajstić information content (AvgIpc) is 2.28. The Morgan fingerprint density at radius 3 is 2.71 bits per heavy atom. The van der Waals surface area contributed by atoms with Gasteiger partial charge in [0.2, 0.25) is 14.9 Å². The van der Waals surface area contributed by atoms with Gasteiger partial charge in [0.1, 0.15) is 6.34 Å². The summed E-state index contributed by atoms with van der Waals surface area (Å²) < 4.78 is 24.1. The number of carbonyl (C=O) groups excluding carboxylic acids is 1. The van der Waals surface area contributed by atoms with E-state index in [0.717, 1.165) is 6.34 Å². The lowest BCUT2D eigenvalue weighted by Crippen LogP contribution is -2.31. The lowest BCUT2D eigenvalue weighted by molar-refractivity contribution is -0.112. The lowest BCUT2D eigenvalue weighted by Gasteiger charge is -2.15. The molecule has 0 bridgehead atoms. The SMILES string of the molecule is NC=NN=C1C(=O)Cc2ccccc2S1(=O)=O. The first kappa shape index (κ1) is 11.5. The van der Waals surface area contributed by atoms with Gasteiger partial charge < -0.3 is 5.73 Å². The Kier molecular flexibility index (Phi) is 2.76. The quantitative estimate of drug-likeness (QED) is 0.427. The van der Waals surface area contributed by atoms with Gasteiger partial charge in [-0.05, 0) is 11.6 Å². The lowest BCUT2D eigenvalue weighted by atomic mass is 10.1. The van der Waals surface area contributed by atoms with Gasteiger partial charge in [-0.1, -0.05) is 18.2 Å². The van der Waals surface area contributed by atoms with Gasteiger partial charge in [-0.3, -0.25) is 4.79 Å². The number of nitrogens with two attached hydrogens (primary N) is 1. The maximum absolute atomic E-state index is 12.1. The fourth-order valence-corrected chi connectivity index (χ4v) is 3.09. The number of sulfone groups is 1. The molecule has 1 aliphatic heterocycles. The molecule has 0 unspecified atom stereocenters. The van der Waals surface area contributed by atoms with Crippen molar-refractivity contribution in [3.05, 3.63) is 29.8 Å². The monoisotopic (exact) mass is 251 g/mol. The van der Waals surface area contributed by atoms with E-state index in [1.165, 1.54) is 6.07 Å². The molecule has 0 aliphatic carbocycles. The smallest absolute Gasteiger partial charge is 0.229 e. The fraction of sp³-hybridized carbons (Fsp3) is 0.100. The molecule has 6 nitrogen and oxygen atoms in total. The summed E-state index contributed by atoms with van der Waals surface area (Å²) in [6, 6.07) is 6.32. The summed E-state index contributed by atoms with van der Waals surface area (Å²) in [5, 5.41) is 6.06. The van der Waals surface area contributed by atoms with Crippen LogP contribution in [0.3, 0.4) is 0 Å². The molecule has 0 saturated heterocycles. The highest BCUT2D eigenvalue weighted by Gasteiger charge is 2.36. The van der Waals surface area contributed by atoms with Crippen LogP contribution in [0.5, 0.6) is 0 Å². The third kappa shape index (κ3) is 1.84. The first-order valence-corrected chi connectivity index (χ1v) is 6.23. The molecular formula is C10H9N3O3S. The minimum absolute atomic E-state index is 0.00826. The zero-order valence-electron chi connectivity index (χ0n) is 8.70. The number of Topliss-reactive ketones (excluding diaryl/α,β-unsaturated/α-hetero) is 1. The second-order valence-corrected chi connectivity index (χ2v) is 5.21. The molecule has 7 heteroatoms. The van der Waals surface area contributed by atoms with Crippen LogP contribution in [0.25, 0.3) is 0 Å². The molecule has 0 amide bonds. The number of carbonyl (C=O) groups is 1. The highest BCUT2D eigenvalue weighted by Crippen LogP contribution is 2.24. The molecule has 0 radical (unpaired) electrons. The van der Waals surface area contributed by atoms with Crippen molar-refractivity contribution in [1.29, 1.82) is 0 Å². The molecular weight excluding hydrogens is 242 g/mol. The highest BCUT2D eigenvalue weighted by atomic mass is 32.2. The summed E-state index contributed by atoms with van der Waals surface area (Å²) in [6.45, 7) is 0. The summed E-state index contributed by atoms with van der Waals surface area (Å²) >= 11 is 0. The third-order valence-corrected chi connectivity index (χ3v) is 4.12. The molecule has 2 N–H and O–H groups in total. The van der Waals surface area contributed by atoms with E-state index in [2.05, 4.69) is 10.2 Å². The van der Waals surface area contributed by atoms with E-state index in [1.807, 2.05) is 0 Å². The van der Waals surface area contributed by atoms with Gasteiger partial charge in [0.25, 0.3) is 0 Å². The van der Waals surface area contributed by atoms with Gasteiger partial charge >= 0.3 is 0 Å². The average molecular weight is 251 g/mol. The van der Waals surface area contributed by atoms with E-state index in [0.29, 0.717) is 5.56 Å². The van der Waals surface area contributed by atoms with Crippen molar-refractivity contribution in [2.45, 2.75) is 11.3 Å². The Bertz CT molecular complexity index is 632. The second-order valence-electron chi connectivity index (χ2n) is 3.38. The Balaban J connectivity index is 2.67. The van der Waals surface area contributed by atoms with Crippen LogP contribution in [-0.2, 0) is 21.1 Å². The Hall–Kier alpha value is -2.02. The Morgan fingerprint density at radius 1 is 1.29 bits per heavy atom. The van der Waals surface area contributed by atoms with E-state index in [-0.39, 0.29) is 11.3 Å². The molecule has 17 heavy (non-hydrogen) atoms. The van der Waals surface area contributed by atoms with Crippen molar-refractivity contribution in [3.63, 3.8) is 0 Å². The van der Waals surface area contributed by atoms with Gasteiger partial charge in [0.15, 0.2) is 5.78 Å². The van der Waals surface area contributed by atoms with Crippen LogP contribution in [0.4, 0.5) is 0 Å². The molecule has 0 fully saturated rings. The molecule has 0 spiro atoms. The standard InChI is InChI=1S/C10H9N3O3S/c11-6-12-13-10-8(14)5-7-3-1-2-4-9(7)17(10,15)16/h1-4,6H,5H2,(H2,11,12). The van der Waals surface area contributed by atoms with E-state index >= 15 is 0 Å². The summed E-state index contributed by atoms with van der Waals surface area (Å²) in [7, 11) is -3.87. The summed E-state index contributed by atoms with van der Waals surface area (Å²) in [5.41, 5.74) is 5.45. The number of ketones is 1. The van der Waals surface area contributed by atoms with Crippen LogP contribution in [-0.4, -0.2) is 25.6 Å². The first-order chi connectivity index (χ1) is 8.07. The first-order valence-electron chi connectivity index (χ1n) is 4.75. The van der Waals surface area contributed by atoms with Crippen LogP contribution in [0.2, 0.25) is 0 Å². The topological polar surface area (TPSA) is 102 Å². The van der Waals surface area contributed by atoms with Gasteiger partial charge in [0, 0.05) is 6.42 Å². The number of nitrogens with zero attached hydrogens (tertiary/aromatic N) is 2. The maximum atomic E-state index is 12.1. The third-order valence-electron chi connectivity index (χ3n) is 2.32. The zero-order chi connectivity index (χ0) is 12.5. The van der Waals surface area contributed by atoms with Gasteiger partial charge in [-0.2, -0.15) is 0 Å². The van der Waals surface area contributed by atoms with Crippen molar-refractivity contribution in [1.82, 2.24) is 0 Å². The van der Waals surface area contributed by atoms with Crippen molar-refractivity contribution in [2.24, 2.45) is 15.9 Å². The number of rotatable bonds is 1. The van der Waals surface area contributed by atoms with Crippen LogP contribution in [0, 0.1) is 0 Å². The Labute approximate surface area is 97.8 Å². The summed E-state index contributed by atoms with van der Waals surface area (Å²) in [6.07, 6.45) is 0.838. The van der Waals surface area contributed by atoms with E-state index in [4.69, 9.17) is 5.73 Å². The predicted octanol–water partition coefficient (Wildman–Crippen LogP) is -0.114. The van der Waals surface area contributed by atoms with Gasteiger partial charge in [0.05, 0.1) is 4.90 Å². The largest absolute Gasteiger partial charge is 0.388 e. The van der Waals surface area contributed by atoms with E-state index in [1.54, 1.807) is 18.2 Å². The zero-order valence-corrected chi connectivity index (χ0v) is 9.52. The Morgan fingerprint density at radius 2 is 2.00 bits per heavy atom.